The van der Waals surface area contributed by atoms with Gasteiger partial charge in [-0.1, -0.05) is 23.7 Å². The van der Waals surface area contributed by atoms with E-state index in [4.69, 9.17) is 11.6 Å². The largest absolute Gasteiger partial charge is 0.322 e. The molecule has 2 aromatic carbocycles. The van der Waals surface area contributed by atoms with Gasteiger partial charge in [-0.15, -0.1) is 0 Å². The molecule has 0 aliphatic carbocycles. The molecule has 0 saturated carbocycles. The van der Waals surface area contributed by atoms with Crippen molar-refractivity contribution in [2.45, 2.75) is 6.92 Å². The average molecular weight is 282 g/mol. The highest BCUT2D eigenvalue weighted by Gasteiger charge is 2.17. The van der Waals surface area contributed by atoms with Gasteiger partial charge in [0.2, 0.25) is 0 Å². The van der Waals surface area contributed by atoms with Crippen molar-refractivity contribution in [2.75, 3.05) is 5.32 Å². The van der Waals surface area contributed by atoms with E-state index in [0.717, 1.165) is 17.7 Å². The molecular formula is C14H10ClF2NO. The second-order valence-corrected chi connectivity index (χ2v) is 4.42. The van der Waals surface area contributed by atoms with Crippen molar-refractivity contribution >= 4 is 23.2 Å². The van der Waals surface area contributed by atoms with Gasteiger partial charge in [0, 0.05) is 10.7 Å². The van der Waals surface area contributed by atoms with Crippen molar-refractivity contribution in [3.05, 3.63) is 64.2 Å². The summed E-state index contributed by atoms with van der Waals surface area (Å²) in [5.74, 6) is -2.66. The normalized spacial score (nSPS) is 10.3. The van der Waals surface area contributed by atoms with Crippen LogP contribution >= 0.6 is 11.6 Å². The highest BCUT2D eigenvalue weighted by Crippen LogP contribution is 2.21. The summed E-state index contributed by atoms with van der Waals surface area (Å²) in [5, 5.41) is 2.87. The van der Waals surface area contributed by atoms with Gasteiger partial charge in [-0.2, -0.15) is 0 Å². The van der Waals surface area contributed by atoms with Crippen molar-refractivity contribution in [3.63, 3.8) is 0 Å². The van der Waals surface area contributed by atoms with Crippen LogP contribution in [0.5, 0.6) is 0 Å². The SMILES string of the molecule is Cc1ccc(NC(=O)c2c(F)cccc2F)cc1Cl. The van der Waals surface area contributed by atoms with Crippen LogP contribution in [-0.2, 0) is 0 Å². The van der Waals surface area contributed by atoms with E-state index in [2.05, 4.69) is 5.32 Å². The molecule has 98 valence electrons. The summed E-state index contributed by atoms with van der Waals surface area (Å²) in [6.07, 6.45) is 0. The molecule has 0 aromatic heterocycles. The number of hydrogen-bond acceptors (Lipinski definition) is 1. The second kappa shape index (κ2) is 5.36. The van der Waals surface area contributed by atoms with E-state index in [-0.39, 0.29) is 0 Å². The topological polar surface area (TPSA) is 29.1 Å². The fraction of sp³-hybridized carbons (Fsp3) is 0.0714. The fourth-order valence-electron chi connectivity index (χ4n) is 1.58. The molecule has 0 aliphatic heterocycles. The van der Waals surface area contributed by atoms with Gasteiger partial charge in [0.15, 0.2) is 0 Å². The number of carbonyl (C=O) groups excluding carboxylic acids is 1. The number of rotatable bonds is 2. The smallest absolute Gasteiger partial charge is 0.261 e. The molecule has 0 atom stereocenters. The minimum atomic E-state index is -0.907. The number of aryl methyl sites for hydroxylation is 1. The van der Waals surface area contributed by atoms with Gasteiger partial charge in [0.25, 0.3) is 5.91 Å². The van der Waals surface area contributed by atoms with Crippen molar-refractivity contribution in [2.24, 2.45) is 0 Å². The van der Waals surface area contributed by atoms with Gasteiger partial charge >= 0.3 is 0 Å². The third-order valence-corrected chi connectivity index (χ3v) is 3.03. The molecular weight excluding hydrogens is 272 g/mol. The first kappa shape index (κ1) is 13.5. The van der Waals surface area contributed by atoms with E-state index >= 15 is 0 Å². The third kappa shape index (κ3) is 2.90. The van der Waals surface area contributed by atoms with Crippen molar-refractivity contribution in [1.82, 2.24) is 0 Å². The summed E-state index contributed by atoms with van der Waals surface area (Å²) in [5.41, 5.74) is 0.610. The van der Waals surface area contributed by atoms with Crippen LogP contribution in [0.15, 0.2) is 36.4 Å². The lowest BCUT2D eigenvalue weighted by atomic mass is 10.1. The first-order valence-corrected chi connectivity index (χ1v) is 5.88. The van der Waals surface area contributed by atoms with E-state index in [1.54, 1.807) is 12.1 Å². The lowest BCUT2D eigenvalue weighted by Crippen LogP contribution is -2.15. The molecule has 0 aliphatic rings. The van der Waals surface area contributed by atoms with Crippen LogP contribution in [0.2, 0.25) is 5.02 Å². The molecule has 0 radical (unpaired) electrons. The number of carbonyl (C=O) groups is 1. The Labute approximate surface area is 114 Å². The van der Waals surface area contributed by atoms with Gasteiger partial charge in [-0.05, 0) is 36.8 Å². The number of hydrogen-bond donors (Lipinski definition) is 1. The maximum Gasteiger partial charge on any atom is 0.261 e. The van der Waals surface area contributed by atoms with Crippen molar-refractivity contribution in [1.29, 1.82) is 0 Å². The lowest BCUT2D eigenvalue weighted by Gasteiger charge is -2.08. The van der Waals surface area contributed by atoms with E-state index in [1.165, 1.54) is 12.1 Å². The van der Waals surface area contributed by atoms with Gasteiger partial charge in [0.1, 0.15) is 17.2 Å². The summed E-state index contributed by atoms with van der Waals surface area (Å²) < 4.78 is 26.8. The molecule has 0 saturated heterocycles. The van der Waals surface area contributed by atoms with Crippen LogP contribution in [0.1, 0.15) is 15.9 Å². The molecule has 2 nitrogen and oxygen atoms in total. The first-order valence-electron chi connectivity index (χ1n) is 5.50. The fourth-order valence-corrected chi connectivity index (χ4v) is 1.76. The number of halogens is 3. The van der Waals surface area contributed by atoms with Crippen LogP contribution < -0.4 is 5.32 Å². The molecule has 0 bridgehead atoms. The Kier molecular flexibility index (Phi) is 3.81. The van der Waals surface area contributed by atoms with E-state index in [0.29, 0.717) is 10.7 Å². The Morgan fingerprint density at radius 1 is 1.16 bits per heavy atom. The molecule has 5 heteroatoms. The molecule has 0 unspecified atom stereocenters. The summed E-state index contributed by atoms with van der Waals surface area (Å²) in [7, 11) is 0. The molecule has 0 heterocycles. The highest BCUT2D eigenvalue weighted by atomic mass is 35.5. The molecule has 19 heavy (non-hydrogen) atoms. The molecule has 0 fully saturated rings. The second-order valence-electron chi connectivity index (χ2n) is 4.01. The van der Waals surface area contributed by atoms with Crippen LogP contribution in [0.3, 0.4) is 0 Å². The zero-order valence-corrected chi connectivity index (χ0v) is 10.8. The van der Waals surface area contributed by atoms with Gasteiger partial charge in [0.05, 0.1) is 0 Å². The summed E-state index contributed by atoms with van der Waals surface area (Å²) in [4.78, 5) is 11.8. The molecule has 2 rings (SSSR count). The Hall–Kier alpha value is -1.94. The van der Waals surface area contributed by atoms with Gasteiger partial charge in [-0.3, -0.25) is 4.79 Å². The van der Waals surface area contributed by atoms with Crippen LogP contribution in [0.25, 0.3) is 0 Å². The maximum atomic E-state index is 13.4. The maximum absolute atomic E-state index is 13.4. The zero-order valence-electron chi connectivity index (χ0n) is 10.0. The van der Waals surface area contributed by atoms with Crippen LogP contribution in [0, 0.1) is 18.6 Å². The zero-order chi connectivity index (χ0) is 14.0. The number of amides is 1. The predicted molar refractivity (Wildman–Crippen MR) is 70.5 cm³/mol. The summed E-state index contributed by atoms with van der Waals surface area (Å²) in [6.45, 7) is 1.81. The Morgan fingerprint density at radius 3 is 2.37 bits per heavy atom. The molecule has 2 aromatic rings. The summed E-state index contributed by atoms with van der Waals surface area (Å²) in [6, 6.07) is 8.09. The third-order valence-electron chi connectivity index (χ3n) is 2.62. The lowest BCUT2D eigenvalue weighted by molar-refractivity contribution is 0.101. The van der Waals surface area contributed by atoms with Crippen LogP contribution in [0.4, 0.5) is 14.5 Å². The Morgan fingerprint density at radius 2 is 1.79 bits per heavy atom. The summed E-state index contributed by atoms with van der Waals surface area (Å²) >= 11 is 5.91. The molecule has 1 amide bonds. The van der Waals surface area contributed by atoms with Gasteiger partial charge < -0.3 is 5.32 Å². The Balaban J connectivity index is 2.28. The highest BCUT2D eigenvalue weighted by molar-refractivity contribution is 6.31. The molecule has 1 N–H and O–H groups in total. The molecule has 0 spiro atoms. The monoisotopic (exact) mass is 281 g/mol. The number of anilines is 1. The standard InChI is InChI=1S/C14H10ClF2NO/c1-8-5-6-9(7-10(8)15)18-14(19)13-11(16)3-2-4-12(13)17/h2-7H,1H3,(H,18,19). The van der Waals surface area contributed by atoms with Gasteiger partial charge in [-0.25, -0.2) is 8.78 Å². The first-order chi connectivity index (χ1) is 8.99. The quantitative estimate of drug-likeness (QED) is 0.879. The van der Waals surface area contributed by atoms with E-state index in [1.807, 2.05) is 6.92 Å². The van der Waals surface area contributed by atoms with Crippen LogP contribution in [-0.4, -0.2) is 5.91 Å². The minimum absolute atomic E-state index is 0.378. The Bertz CT molecular complexity index is 623. The number of nitrogens with one attached hydrogen (secondary N) is 1. The van der Waals surface area contributed by atoms with Crippen molar-refractivity contribution in [3.8, 4) is 0 Å². The average Bonchev–Trinajstić information content (AvgIpc) is 2.33. The van der Waals surface area contributed by atoms with E-state index in [9.17, 15) is 13.6 Å². The minimum Gasteiger partial charge on any atom is -0.322 e. The van der Waals surface area contributed by atoms with Crippen molar-refractivity contribution < 1.29 is 13.6 Å². The predicted octanol–water partition coefficient (Wildman–Crippen LogP) is 4.18. The van der Waals surface area contributed by atoms with E-state index < -0.39 is 23.1 Å². The number of benzene rings is 2.